The molecule has 2 aromatic rings. The van der Waals surface area contributed by atoms with Gasteiger partial charge in [0.2, 0.25) is 0 Å². The van der Waals surface area contributed by atoms with Gasteiger partial charge in [-0.25, -0.2) is 17.8 Å². The fourth-order valence-electron chi connectivity index (χ4n) is 2.26. The summed E-state index contributed by atoms with van der Waals surface area (Å²) >= 11 is 0. The van der Waals surface area contributed by atoms with Crippen LogP contribution in [0.2, 0.25) is 0 Å². The lowest BCUT2D eigenvalue weighted by atomic mass is 10.00. The predicted octanol–water partition coefficient (Wildman–Crippen LogP) is 0.764. The second kappa shape index (κ2) is 5.74. The molecule has 0 amide bonds. The van der Waals surface area contributed by atoms with Crippen molar-refractivity contribution in [1.82, 2.24) is 9.55 Å². The van der Waals surface area contributed by atoms with E-state index in [2.05, 4.69) is 4.98 Å². The van der Waals surface area contributed by atoms with E-state index >= 15 is 0 Å². The molecule has 1 aromatic carbocycles. The molecule has 1 aromatic heterocycles. The molecule has 1 unspecified atom stereocenters. The molecule has 7 nitrogen and oxygen atoms in total. The van der Waals surface area contributed by atoms with E-state index in [4.69, 9.17) is 0 Å². The number of aromatic amines is 1. The van der Waals surface area contributed by atoms with Crippen LogP contribution in [-0.4, -0.2) is 29.3 Å². The van der Waals surface area contributed by atoms with Gasteiger partial charge in [0.05, 0.1) is 22.6 Å². The number of alkyl halides is 3. The van der Waals surface area contributed by atoms with Gasteiger partial charge in [0.25, 0.3) is 5.56 Å². The molecule has 0 radical (unpaired) electrons. The third-order valence-corrected chi connectivity index (χ3v) is 4.00. The summed E-state index contributed by atoms with van der Waals surface area (Å²) < 4.78 is 62.2. The summed E-state index contributed by atoms with van der Waals surface area (Å²) in [5, 5.41) is 9.22. The third kappa shape index (κ3) is 3.51. The number of hydrogen-bond donors (Lipinski definition) is 2. The van der Waals surface area contributed by atoms with Crippen molar-refractivity contribution < 1.29 is 26.7 Å². The number of nitrogens with one attached hydrogen (secondary N) is 1. The minimum atomic E-state index is -4.81. The zero-order chi connectivity index (χ0) is 18.4. The van der Waals surface area contributed by atoms with Gasteiger partial charge >= 0.3 is 11.9 Å². The fourth-order valence-corrected chi connectivity index (χ4v) is 2.96. The molecule has 2 N–H and O–H groups in total. The van der Waals surface area contributed by atoms with Crippen LogP contribution in [0.4, 0.5) is 13.2 Å². The van der Waals surface area contributed by atoms with Gasteiger partial charge in [0, 0.05) is 6.26 Å². The highest BCUT2D eigenvalue weighted by molar-refractivity contribution is 7.89. The molecule has 1 atom stereocenters. The Morgan fingerprint density at radius 2 is 1.88 bits per heavy atom. The van der Waals surface area contributed by atoms with E-state index in [1.54, 1.807) is 0 Å². The van der Waals surface area contributed by atoms with Gasteiger partial charge in [-0.2, -0.15) is 13.2 Å². The molecule has 132 valence electrons. The Morgan fingerprint density at radius 1 is 1.29 bits per heavy atom. The van der Waals surface area contributed by atoms with Crippen LogP contribution in [0.3, 0.4) is 0 Å². The van der Waals surface area contributed by atoms with Crippen LogP contribution >= 0.6 is 0 Å². The summed E-state index contributed by atoms with van der Waals surface area (Å²) in [6, 6.07) is 1.35. The first-order chi connectivity index (χ1) is 10.8. The van der Waals surface area contributed by atoms with E-state index < -0.39 is 55.9 Å². The Labute approximate surface area is 133 Å². The third-order valence-electron chi connectivity index (χ3n) is 3.27. The SMILES string of the molecule is CC(O)c1cc2c(=O)n(CS(C)(=O)=O)c(=O)[nH]c2cc1C(F)(F)F. The Bertz CT molecular complexity index is 1020. The Morgan fingerprint density at radius 3 is 2.33 bits per heavy atom. The number of aliphatic hydroxyl groups is 1. The highest BCUT2D eigenvalue weighted by atomic mass is 32.2. The lowest BCUT2D eigenvalue weighted by molar-refractivity contribution is -0.139. The molecule has 0 bridgehead atoms. The number of benzene rings is 1. The molecule has 0 fully saturated rings. The van der Waals surface area contributed by atoms with Crippen LogP contribution in [0.25, 0.3) is 10.9 Å². The van der Waals surface area contributed by atoms with E-state index in [-0.39, 0.29) is 5.39 Å². The molecule has 0 spiro atoms. The maximum Gasteiger partial charge on any atom is 0.416 e. The largest absolute Gasteiger partial charge is 0.416 e. The molecule has 1 heterocycles. The Kier molecular flexibility index (Phi) is 4.35. The molecular weight excluding hydrogens is 353 g/mol. The first-order valence-corrected chi connectivity index (χ1v) is 8.61. The molecule has 2 rings (SSSR count). The van der Waals surface area contributed by atoms with Crippen molar-refractivity contribution in [1.29, 1.82) is 0 Å². The van der Waals surface area contributed by atoms with Crippen LogP contribution < -0.4 is 11.2 Å². The van der Waals surface area contributed by atoms with Gasteiger partial charge in [-0.15, -0.1) is 0 Å². The second-order valence-electron chi connectivity index (χ2n) is 5.38. The van der Waals surface area contributed by atoms with E-state index in [0.29, 0.717) is 10.6 Å². The minimum absolute atomic E-state index is 0.331. The molecule has 0 aliphatic carbocycles. The number of hydrogen-bond acceptors (Lipinski definition) is 5. The zero-order valence-electron chi connectivity index (χ0n) is 12.5. The van der Waals surface area contributed by atoms with Crippen LogP contribution in [-0.2, 0) is 21.9 Å². The number of sulfone groups is 1. The highest BCUT2D eigenvalue weighted by Crippen LogP contribution is 2.36. The van der Waals surface area contributed by atoms with Gasteiger partial charge < -0.3 is 10.1 Å². The summed E-state index contributed by atoms with van der Waals surface area (Å²) in [6.45, 7) is 1.09. The number of nitrogens with zero attached hydrogens (tertiary/aromatic N) is 1. The minimum Gasteiger partial charge on any atom is -0.389 e. The monoisotopic (exact) mass is 366 g/mol. The molecule has 24 heavy (non-hydrogen) atoms. The van der Waals surface area contributed by atoms with E-state index in [0.717, 1.165) is 19.2 Å². The number of fused-ring (bicyclic) bond motifs is 1. The van der Waals surface area contributed by atoms with E-state index in [1.165, 1.54) is 0 Å². The van der Waals surface area contributed by atoms with E-state index in [9.17, 15) is 36.3 Å². The van der Waals surface area contributed by atoms with Crippen LogP contribution in [0.5, 0.6) is 0 Å². The number of H-pyrrole nitrogens is 1. The maximum atomic E-state index is 13.1. The molecule has 11 heteroatoms. The van der Waals surface area contributed by atoms with Crippen molar-refractivity contribution in [2.24, 2.45) is 0 Å². The smallest absolute Gasteiger partial charge is 0.389 e. The van der Waals surface area contributed by atoms with Crippen molar-refractivity contribution in [3.8, 4) is 0 Å². The van der Waals surface area contributed by atoms with E-state index in [1.807, 2.05) is 0 Å². The first-order valence-electron chi connectivity index (χ1n) is 6.55. The van der Waals surface area contributed by atoms with Gasteiger partial charge in [-0.3, -0.25) is 4.79 Å². The number of aromatic nitrogens is 2. The summed E-state index contributed by atoms with van der Waals surface area (Å²) in [6.07, 6.45) is -5.53. The van der Waals surface area contributed by atoms with Crippen molar-refractivity contribution in [3.63, 3.8) is 0 Å². The summed E-state index contributed by atoms with van der Waals surface area (Å²) in [7, 11) is -3.74. The van der Waals surface area contributed by atoms with Crippen LogP contribution in [0.15, 0.2) is 21.7 Å². The number of aliphatic hydroxyl groups excluding tert-OH is 1. The summed E-state index contributed by atoms with van der Waals surface area (Å²) in [5.74, 6) is -0.915. The summed E-state index contributed by atoms with van der Waals surface area (Å²) in [4.78, 5) is 26.2. The molecular formula is C13H13F3N2O5S. The summed E-state index contributed by atoms with van der Waals surface area (Å²) in [5.41, 5.74) is -4.34. The zero-order valence-corrected chi connectivity index (χ0v) is 13.3. The average molecular weight is 366 g/mol. The van der Waals surface area contributed by atoms with Crippen molar-refractivity contribution >= 4 is 20.7 Å². The van der Waals surface area contributed by atoms with Crippen LogP contribution in [0, 0.1) is 0 Å². The van der Waals surface area contributed by atoms with Crippen molar-refractivity contribution in [2.75, 3.05) is 6.26 Å². The van der Waals surface area contributed by atoms with Gasteiger partial charge in [-0.05, 0) is 24.6 Å². The quantitative estimate of drug-likeness (QED) is 0.834. The second-order valence-corrected chi connectivity index (χ2v) is 7.49. The van der Waals surface area contributed by atoms with Crippen LogP contribution in [0.1, 0.15) is 24.2 Å². The molecule has 0 aliphatic rings. The normalized spacial score (nSPS) is 14.1. The fraction of sp³-hybridized carbons (Fsp3) is 0.385. The maximum absolute atomic E-state index is 13.1. The lowest BCUT2D eigenvalue weighted by Crippen LogP contribution is -2.37. The van der Waals surface area contributed by atoms with Crippen molar-refractivity contribution in [2.45, 2.75) is 25.1 Å². The van der Waals surface area contributed by atoms with Crippen molar-refractivity contribution in [3.05, 3.63) is 44.1 Å². The van der Waals surface area contributed by atoms with Gasteiger partial charge in [-0.1, -0.05) is 0 Å². The number of halogens is 3. The standard InChI is InChI=1S/C13H13F3N2O5S/c1-6(19)7-3-8-10(4-9(7)13(14,15)16)17-12(21)18(11(8)20)5-24(2,22)23/h3-4,6,19H,5H2,1-2H3,(H,17,21). The highest BCUT2D eigenvalue weighted by Gasteiger charge is 2.35. The number of rotatable bonds is 3. The Hall–Kier alpha value is -2.14. The molecule has 0 aliphatic heterocycles. The lowest BCUT2D eigenvalue weighted by Gasteiger charge is -2.16. The molecule has 0 saturated carbocycles. The molecule has 0 saturated heterocycles. The topological polar surface area (TPSA) is 109 Å². The van der Waals surface area contributed by atoms with Gasteiger partial charge in [0.15, 0.2) is 9.84 Å². The first kappa shape index (κ1) is 18.2. The predicted molar refractivity (Wildman–Crippen MR) is 79.3 cm³/mol. The Balaban J connectivity index is 2.90. The van der Waals surface area contributed by atoms with Gasteiger partial charge in [0.1, 0.15) is 5.88 Å². The average Bonchev–Trinajstić information content (AvgIpc) is 2.40.